The minimum Gasteiger partial charge on any atom is -0.381 e. The highest BCUT2D eigenvalue weighted by molar-refractivity contribution is 5.06. The van der Waals surface area contributed by atoms with Gasteiger partial charge < -0.3 is 25.8 Å². The van der Waals surface area contributed by atoms with Crippen LogP contribution in [-0.2, 0) is 9.47 Å². The Morgan fingerprint density at radius 3 is 2.82 bits per heavy atom. The van der Waals surface area contributed by atoms with Crippen LogP contribution in [0, 0.1) is 5.92 Å². The molecule has 0 aromatic rings. The SMILES string of the molecule is CN1C[C@@H]2OC(CN3C[C@@H]4COCC[C@@]4(N)C3)CC[C@@]2(N)C1. The van der Waals surface area contributed by atoms with E-state index >= 15 is 0 Å². The summed E-state index contributed by atoms with van der Waals surface area (Å²) in [6.45, 7) is 6.58. The monoisotopic (exact) mass is 310 g/mol. The van der Waals surface area contributed by atoms with Gasteiger partial charge in [0.1, 0.15) is 0 Å². The van der Waals surface area contributed by atoms with Crippen molar-refractivity contribution < 1.29 is 9.47 Å². The molecule has 126 valence electrons. The fraction of sp³-hybridized carbons (Fsp3) is 1.00. The summed E-state index contributed by atoms with van der Waals surface area (Å²) in [5, 5.41) is 0. The van der Waals surface area contributed by atoms with Gasteiger partial charge in [-0.3, -0.25) is 4.90 Å². The molecule has 0 bridgehead atoms. The predicted octanol–water partition coefficient (Wildman–Crippen LogP) is -0.773. The van der Waals surface area contributed by atoms with E-state index in [1.807, 2.05) is 0 Å². The lowest BCUT2D eigenvalue weighted by Crippen LogP contribution is -2.57. The maximum atomic E-state index is 6.60. The van der Waals surface area contributed by atoms with Crippen molar-refractivity contribution >= 4 is 0 Å². The average Bonchev–Trinajstić information content (AvgIpc) is 2.93. The first-order valence-corrected chi connectivity index (χ1v) is 8.69. The maximum absolute atomic E-state index is 6.60. The van der Waals surface area contributed by atoms with Crippen molar-refractivity contribution in [1.29, 1.82) is 0 Å². The summed E-state index contributed by atoms with van der Waals surface area (Å²) < 4.78 is 12.0. The van der Waals surface area contributed by atoms with Crippen molar-refractivity contribution in [3.63, 3.8) is 0 Å². The van der Waals surface area contributed by atoms with Crippen LogP contribution < -0.4 is 11.5 Å². The number of fused-ring (bicyclic) bond motifs is 2. The molecule has 4 heterocycles. The summed E-state index contributed by atoms with van der Waals surface area (Å²) in [7, 11) is 2.13. The van der Waals surface area contributed by atoms with Crippen LogP contribution in [0.2, 0.25) is 0 Å². The summed E-state index contributed by atoms with van der Waals surface area (Å²) in [6.07, 6.45) is 3.62. The van der Waals surface area contributed by atoms with Gasteiger partial charge in [0.05, 0.1) is 24.4 Å². The number of nitrogens with two attached hydrogens (primary N) is 2. The quantitative estimate of drug-likeness (QED) is 0.697. The molecule has 6 nitrogen and oxygen atoms in total. The van der Waals surface area contributed by atoms with Crippen molar-refractivity contribution in [2.45, 2.75) is 42.5 Å². The van der Waals surface area contributed by atoms with Crippen LogP contribution in [0.4, 0.5) is 0 Å². The van der Waals surface area contributed by atoms with E-state index in [0.717, 1.165) is 65.2 Å². The molecular formula is C16H30N4O2. The van der Waals surface area contributed by atoms with Gasteiger partial charge in [-0.15, -0.1) is 0 Å². The summed E-state index contributed by atoms with van der Waals surface area (Å²) in [5.74, 6) is 0.482. The second-order valence-electron chi connectivity index (χ2n) is 8.16. The molecule has 22 heavy (non-hydrogen) atoms. The maximum Gasteiger partial charge on any atom is 0.0897 e. The molecule has 4 fully saturated rings. The van der Waals surface area contributed by atoms with Gasteiger partial charge in [-0.2, -0.15) is 0 Å². The molecular weight excluding hydrogens is 280 g/mol. The number of nitrogens with zero attached hydrogens (tertiary/aromatic N) is 2. The molecule has 0 aliphatic carbocycles. The predicted molar refractivity (Wildman–Crippen MR) is 84.6 cm³/mol. The summed E-state index contributed by atoms with van der Waals surface area (Å²) >= 11 is 0. The number of rotatable bonds is 2. The molecule has 4 aliphatic rings. The number of ether oxygens (including phenoxy) is 2. The molecule has 0 aromatic heterocycles. The number of likely N-dealkylation sites (tertiary alicyclic amines) is 2. The molecule has 0 spiro atoms. The van der Waals surface area contributed by atoms with E-state index in [-0.39, 0.29) is 17.2 Å². The van der Waals surface area contributed by atoms with Crippen LogP contribution in [0.5, 0.6) is 0 Å². The number of hydrogen-bond donors (Lipinski definition) is 2. The molecule has 0 aromatic carbocycles. The Balaban J connectivity index is 1.35. The lowest BCUT2D eigenvalue weighted by Gasteiger charge is -2.40. The Hall–Kier alpha value is -0.240. The minimum absolute atomic E-state index is 0.0435. The highest BCUT2D eigenvalue weighted by atomic mass is 16.5. The topological polar surface area (TPSA) is 77.0 Å². The largest absolute Gasteiger partial charge is 0.381 e. The van der Waals surface area contributed by atoms with E-state index in [4.69, 9.17) is 20.9 Å². The Kier molecular flexibility index (Phi) is 3.75. The van der Waals surface area contributed by atoms with Gasteiger partial charge in [-0.05, 0) is 26.3 Å². The van der Waals surface area contributed by atoms with Crippen LogP contribution in [0.15, 0.2) is 0 Å². The molecule has 6 heteroatoms. The number of likely N-dealkylation sites (N-methyl/N-ethyl adjacent to an activating group) is 1. The van der Waals surface area contributed by atoms with Crippen molar-refractivity contribution in [3.8, 4) is 0 Å². The van der Waals surface area contributed by atoms with Gasteiger partial charge in [0, 0.05) is 50.8 Å². The zero-order valence-electron chi connectivity index (χ0n) is 13.7. The van der Waals surface area contributed by atoms with Crippen LogP contribution >= 0.6 is 0 Å². The zero-order valence-corrected chi connectivity index (χ0v) is 13.7. The third-order valence-corrected chi connectivity index (χ3v) is 6.27. The van der Waals surface area contributed by atoms with E-state index in [2.05, 4.69) is 16.8 Å². The number of hydrogen-bond acceptors (Lipinski definition) is 6. The van der Waals surface area contributed by atoms with Crippen LogP contribution in [0.3, 0.4) is 0 Å². The molecule has 4 saturated heterocycles. The van der Waals surface area contributed by atoms with Gasteiger partial charge in [-0.1, -0.05) is 0 Å². The van der Waals surface area contributed by atoms with Gasteiger partial charge in [-0.25, -0.2) is 0 Å². The van der Waals surface area contributed by atoms with E-state index in [0.29, 0.717) is 12.0 Å². The third kappa shape index (κ3) is 2.60. The van der Waals surface area contributed by atoms with E-state index in [1.165, 1.54) is 0 Å². The van der Waals surface area contributed by atoms with Crippen LogP contribution in [-0.4, -0.2) is 86.1 Å². The Morgan fingerprint density at radius 1 is 1.14 bits per heavy atom. The van der Waals surface area contributed by atoms with Gasteiger partial charge in [0.25, 0.3) is 0 Å². The molecule has 1 unspecified atom stereocenters. The Morgan fingerprint density at radius 2 is 2.00 bits per heavy atom. The molecule has 4 N–H and O–H groups in total. The third-order valence-electron chi connectivity index (χ3n) is 6.27. The van der Waals surface area contributed by atoms with Gasteiger partial charge in [0.2, 0.25) is 0 Å². The fourth-order valence-electron chi connectivity index (χ4n) is 4.94. The first-order valence-electron chi connectivity index (χ1n) is 8.69. The highest BCUT2D eigenvalue weighted by Crippen LogP contribution is 2.35. The van der Waals surface area contributed by atoms with E-state index in [1.54, 1.807) is 0 Å². The normalized spacial score (nSPS) is 50.0. The smallest absolute Gasteiger partial charge is 0.0897 e. The summed E-state index contributed by atoms with van der Waals surface area (Å²) in [4.78, 5) is 4.79. The van der Waals surface area contributed by atoms with Crippen molar-refractivity contribution in [2.24, 2.45) is 17.4 Å². The molecule has 4 aliphatic heterocycles. The Bertz CT molecular complexity index is 436. The van der Waals surface area contributed by atoms with Crippen LogP contribution in [0.25, 0.3) is 0 Å². The zero-order chi connectivity index (χ0) is 15.4. The molecule has 5 atom stereocenters. The molecule has 0 saturated carbocycles. The van der Waals surface area contributed by atoms with Gasteiger partial charge in [0.15, 0.2) is 0 Å². The summed E-state index contributed by atoms with van der Waals surface area (Å²) in [5.41, 5.74) is 12.9. The lowest BCUT2D eigenvalue weighted by atomic mass is 9.84. The first kappa shape index (κ1) is 15.3. The van der Waals surface area contributed by atoms with Gasteiger partial charge >= 0.3 is 0 Å². The second kappa shape index (κ2) is 5.40. The van der Waals surface area contributed by atoms with Crippen molar-refractivity contribution in [3.05, 3.63) is 0 Å². The van der Waals surface area contributed by atoms with Crippen molar-refractivity contribution in [1.82, 2.24) is 9.80 Å². The first-order chi connectivity index (χ1) is 10.5. The highest BCUT2D eigenvalue weighted by Gasteiger charge is 2.49. The van der Waals surface area contributed by atoms with E-state index < -0.39 is 0 Å². The van der Waals surface area contributed by atoms with Crippen molar-refractivity contribution in [2.75, 3.05) is 53.0 Å². The second-order valence-corrected chi connectivity index (χ2v) is 8.16. The lowest BCUT2D eigenvalue weighted by molar-refractivity contribution is -0.0824. The van der Waals surface area contributed by atoms with Crippen LogP contribution in [0.1, 0.15) is 19.3 Å². The fourth-order valence-corrected chi connectivity index (χ4v) is 4.94. The molecule has 4 rings (SSSR count). The molecule has 0 radical (unpaired) electrons. The minimum atomic E-state index is -0.132. The Labute approximate surface area is 133 Å². The van der Waals surface area contributed by atoms with E-state index in [9.17, 15) is 0 Å². The standard InChI is InChI=1S/C16H30N4O2/c1-19-8-14-16(18,10-19)3-2-13(22-14)7-20-6-12-9-21-5-4-15(12,17)11-20/h12-14H,2-11,17-18H2,1H3/t12-,13?,14+,15-,16-/m1/s1. The molecule has 0 amide bonds. The average molecular weight is 310 g/mol. The summed E-state index contributed by atoms with van der Waals surface area (Å²) in [6, 6.07) is 0.